The number of rotatable bonds is 6. The molecule has 1 N–H and O–H groups in total. The highest BCUT2D eigenvalue weighted by molar-refractivity contribution is 6.07. The summed E-state index contributed by atoms with van der Waals surface area (Å²) in [6, 6.07) is 25.5. The molecular weight excluding hydrogens is 384 g/mol. The lowest BCUT2D eigenvalue weighted by Gasteiger charge is -2.16. The van der Waals surface area contributed by atoms with Crippen LogP contribution >= 0.6 is 0 Å². The first-order valence-corrected chi connectivity index (χ1v) is 10.6. The van der Waals surface area contributed by atoms with E-state index in [4.69, 9.17) is 9.72 Å². The minimum Gasteiger partial charge on any atom is -0.494 e. The van der Waals surface area contributed by atoms with Crippen molar-refractivity contribution in [2.45, 2.75) is 26.8 Å². The van der Waals surface area contributed by atoms with Crippen LogP contribution in [-0.2, 0) is 0 Å². The summed E-state index contributed by atoms with van der Waals surface area (Å²) in [4.78, 5) is 18.1. The molecule has 0 fully saturated rings. The van der Waals surface area contributed by atoms with Crippen molar-refractivity contribution in [3.05, 3.63) is 95.6 Å². The summed E-state index contributed by atoms with van der Waals surface area (Å²) in [7, 11) is 0. The van der Waals surface area contributed by atoms with Gasteiger partial charge in [0.15, 0.2) is 0 Å². The van der Waals surface area contributed by atoms with Crippen molar-refractivity contribution in [1.29, 1.82) is 0 Å². The molecule has 0 aliphatic carbocycles. The van der Waals surface area contributed by atoms with Crippen molar-refractivity contribution in [2.24, 2.45) is 0 Å². The number of carbonyl (C=O) groups excluding carboxylic acids is 1. The number of aromatic nitrogens is 1. The highest BCUT2D eigenvalue weighted by Gasteiger charge is 2.17. The third-order valence-electron chi connectivity index (χ3n) is 5.31. The number of amides is 1. The average Bonchev–Trinajstić information content (AvgIpc) is 2.79. The van der Waals surface area contributed by atoms with E-state index in [-0.39, 0.29) is 11.9 Å². The predicted molar refractivity (Wildman–Crippen MR) is 125 cm³/mol. The maximum Gasteiger partial charge on any atom is 0.252 e. The Morgan fingerprint density at radius 1 is 1.00 bits per heavy atom. The van der Waals surface area contributed by atoms with E-state index in [9.17, 15) is 4.79 Å². The summed E-state index contributed by atoms with van der Waals surface area (Å²) in [6.45, 7) is 6.62. The molecule has 0 spiro atoms. The lowest BCUT2D eigenvalue weighted by atomic mass is 10.0. The fraction of sp³-hybridized carbons (Fsp3) is 0.185. The zero-order chi connectivity index (χ0) is 21.8. The van der Waals surface area contributed by atoms with Gasteiger partial charge in [-0.3, -0.25) is 4.79 Å². The van der Waals surface area contributed by atoms with Gasteiger partial charge in [-0.05, 0) is 56.7 Å². The van der Waals surface area contributed by atoms with Gasteiger partial charge in [0.25, 0.3) is 5.91 Å². The van der Waals surface area contributed by atoms with Gasteiger partial charge >= 0.3 is 0 Å². The molecule has 0 aliphatic rings. The van der Waals surface area contributed by atoms with Crippen LogP contribution in [0.25, 0.3) is 22.2 Å². The Balaban J connectivity index is 1.66. The Bertz CT molecular complexity index is 1220. The van der Waals surface area contributed by atoms with Crippen LogP contribution in [0.3, 0.4) is 0 Å². The van der Waals surface area contributed by atoms with Crippen molar-refractivity contribution in [1.82, 2.24) is 10.3 Å². The Hall–Kier alpha value is -3.66. The Kier molecular flexibility index (Phi) is 5.99. The Morgan fingerprint density at radius 2 is 1.77 bits per heavy atom. The normalized spacial score (nSPS) is 11.8. The maximum absolute atomic E-state index is 13.3. The topological polar surface area (TPSA) is 51.2 Å². The van der Waals surface area contributed by atoms with Gasteiger partial charge in [-0.25, -0.2) is 4.98 Å². The molecule has 0 unspecified atom stereocenters. The Morgan fingerprint density at radius 3 is 2.52 bits per heavy atom. The van der Waals surface area contributed by atoms with E-state index in [1.807, 2.05) is 80.6 Å². The second-order valence-corrected chi connectivity index (χ2v) is 7.64. The number of fused-ring (bicyclic) bond motifs is 1. The average molecular weight is 411 g/mol. The molecule has 1 amide bonds. The van der Waals surface area contributed by atoms with E-state index >= 15 is 0 Å². The minimum atomic E-state index is -0.141. The smallest absolute Gasteiger partial charge is 0.252 e. The molecular formula is C27H26N2O2. The van der Waals surface area contributed by atoms with E-state index in [0.717, 1.165) is 39.0 Å². The van der Waals surface area contributed by atoms with Crippen LogP contribution in [0.5, 0.6) is 5.75 Å². The van der Waals surface area contributed by atoms with Crippen molar-refractivity contribution in [3.8, 4) is 17.0 Å². The molecule has 0 radical (unpaired) electrons. The first-order valence-electron chi connectivity index (χ1n) is 10.6. The monoisotopic (exact) mass is 410 g/mol. The standard InChI is InChI=1S/C27H26N2O2/c1-4-31-22-14-12-20(13-15-22)19(3)28-27(30)24-17-26(21-9-7-8-18(2)16-21)29-25-11-6-5-10-23(24)25/h5-17,19H,4H2,1-3H3,(H,28,30)/t19-/m1/s1. The fourth-order valence-corrected chi connectivity index (χ4v) is 3.69. The van der Waals surface area contributed by atoms with Crippen molar-refractivity contribution < 1.29 is 9.53 Å². The van der Waals surface area contributed by atoms with Crippen LogP contribution in [0.2, 0.25) is 0 Å². The predicted octanol–water partition coefficient (Wildman–Crippen LogP) is 6.10. The summed E-state index contributed by atoms with van der Waals surface area (Å²) in [5.41, 5.74) is 5.40. The van der Waals surface area contributed by atoms with Crippen molar-refractivity contribution in [3.63, 3.8) is 0 Å². The molecule has 0 saturated carbocycles. The number of nitrogens with one attached hydrogen (secondary N) is 1. The zero-order valence-corrected chi connectivity index (χ0v) is 18.1. The van der Waals surface area contributed by atoms with Gasteiger partial charge in [0.1, 0.15) is 5.75 Å². The number of hydrogen-bond donors (Lipinski definition) is 1. The van der Waals surface area contributed by atoms with Gasteiger partial charge in [0.05, 0.1) is 29.4 Å². The number of hydrogen-bond acceptors (Lipinski definition) is 3. The van der Waals surface area contributed by atoms with Crippen LogP contribution in [-0.4, -0.2) is 17.5 Å². The van der Waals surface area contributed by atoms with Crippen LogP contribution in [0.4, 0.5) is 0 Å². The second kappa shape index (κ2) is 9.00. The second-order valence-electron chi connectivity index (χ2n) is 7.64. The summed E-state index contributed by atoms with van der Waals surface area (Å²) in [5, 5.41) is 3.98. The number of pyridine rings is 1. The molecule has 0 bridgehead atoms. The highest BCUT2D eigenvalue weighted by atomic mass is 16.5. The first-order chi connectivity index (χ1) is 15.0. The molecule has 1 heterocycles. The molecule has 1 atom stereocenters. The lowest BCUT2D eigenvalue weighted by Crippen LogP contribution is -2.27. The fourth-order valence-electron chi connectivity index (χ4n) is 3.69. The molecule has 4 aromatic rings. The number of benzene rings is 3. The third kappa shape index (κ3) is 4.58. The minimum absolute atomic E-state index is 0.117. The summed E-state index contributed by atoms with van der Waals surface area (Å²) < 4.78 is 5.51. The van der Waals surface area contributed by atoms with Crippen molar-refractivity contribution >= 4 is 16.8 Å². The van der Waals surface area contributed by atoms with Gasteiger partial charge in [-0.1, -0.05) is 54.1 Å². The molecule has 31 heavy (non-hydrogen) atoms. The summed E-state index contributed by atoms with van der Waals surface area (Å²) in [5.74, 6) is 0.710. The van der Waals surface area contributed by atoms with Crippen LogP contribution < -0.4 is 10.1 Å². The van der Waals surface area contributed by atoms with Crippen LogP contribution in [0.15, 0.2) is 78.9 Å². The molecule has 4 heteroatoms. The van der Waals surface area contributed by atoms with E-state index in [1.165, 1.54) is 0 Å². The quantitative estimate of drug-likeness (QED) is 0.418. The maximum atomic E-state index is 13.3. The first kappa shape index (κ1) is 20.6. The van der Waals surface area contributed by atoms with E-state index in [1.54, 1.807) is 0 Å². The molecule has 1 aromatic heterocycles. The molecule has 3 aromatic carbocycles. The number of carbonyl (C=O) groups is 1. The van der Waals surface area contributed by atoms with E-state index < -0.39 is 0 Å². The van der Waals surface area contributed by atoms with Crippen LogP contribution in [0, 0.1) is 6.92 Å². The van der Waals surface area contributed by atoms with Gasteiger partial charge in [0, 0.05) is 10.9 Å². The van der Waals surface area contributed by atoms with E-state index in [0.29, 0.717) is 12.2 Å². The Labute approximate surface area is 182 Å². The van der Waals surface area contributed by atoms with Crippen LogP contribution in [0.1, 0.15) is 41.4 Å². The molecule has 4 rings (SSSR count). The molecule has 4 nitrogen and oxygen atoms in total. The highest BCUT2D eigenvalue weighted by Crippen LogP contribution is 2.26. The number of nitrogens with zero attached hydrogens (tertiary/aromatic N) is 1. The lowest BCUT2D eigenvalue weighted by molar-refractivity contribution is 0.0941. The third-order valence-corrected chi connectivity index (χ3v) is 5.31. The SMILES string of the molecule is CCOc1ccc([C@@H](C)NC(=O)c2cc(-c3cccc(C)c3)nc3ccccc23)cc1. The summed E-state index contributed by atoms with van der Waals surface area (Å²) >= 11 is 0. The summed E-state index contributed by atoms with van der Waals surface area (Å²) in [6.07, 6.45) is 0. The van der Waals surface area contributed by atoms with Gasteiger partial charge < -0.3 is 10.1 Å². The molecule has 156 valence electrons. The zero-order valence-electron chi connectivity index (χ0n) is 18.1. The van der Waals surface area contributed by atoms with Gasteiger partial charge in [-0.15, -0.1) is 0 Å². The van der Waals surface area contributed by atoms with Crippen molar-refractivity contribution in [2.75, 3.05) is 6.61 Å². The largest absolute Gasteiger partial charge is 0.494 e. The number of ether oxygens (including phenoxy) is 1. The number of aryl methyl sites for hydroxylation is 1. The van der Waals surface area contributed by atoms with E-state index in [2.05, 4.69) is 24.4 Å². The molecule has 0 aliphatic heterocycles. The molecule has 0 saturated heterocycles. The number of para-hydroxylation sites is 1. The van der Waals surface area contributed by atoms with Gasteiger partial charge in [0.2, 0.25) is 0 Å². The van der Waals surface area contributed by atoms with Gasteiger partial charge in [-0.2, -0.15) is 0 Å².